The predicted molar refractivity (Wildman–Crippen MR) is 138 cm³/mol. The summed E-state index contributed by atoms with van der Waals surface area (Å²) in [5.41, 5.74) is 4.63. The van der Waals surface area contributed by atoms with Gasteiger partial charge in [0, 0.05) is 30.9 Å². The SMILES string of the molecule is COc1ccc(COc2ccc(Cc3ccc4ncc(N5CCOCC5)nc4c3C#N)cc2OC)cn1. The van der Waals surface area contributed by atoms with Gasteiger partial charge in [0.2, 0.25) is 5.88 Å². The number of fused-ring (bicyclic) bond motifs is 1. The summed E-state index contributed by atoms with van der Waals surface area (Å²) < 4.78 is 22.1. The molecule has 0 atom stereocenters. The maximum Gasteiger partial charge on any atom is 0.212 e. The van der Waals surface area contributed by atoms with Crippen molar-refractivity contribution in [1.29, 1.82) is 5.26 Å². The lowest BCUT2D eigenvalue weighted by molar-refractivity contribution is 0.122. The maximum absolute atomic E-state index is 10.0. The highest BCUT2D eigenvalue weighted by Gasteiger charge is 2.17. The van der Waals surface area contributed by atoms with E-state index in [0.717, 1.165) is 35.6 Å². The molecular weight excluding hydrogens is 470 g/mol. The van der Waals surface area contributed by atoms with Crippen molar-refractivity contribution in [3.05, 3.63) is 77.1 Å². The van der Waals surface area contributed by atoms with Gasteiger partial charge in [-0.15, -0.1) is 0 Å². The fourth-order valence-electron chi connectivity index (χ4n) is 4.27. The van der Waals surface area contributed by atoms with Crippen molar-refractivity contribution in [2.24, 2.45) is 0 Å². The molecule has 0 radical (unpaired) electrons. The number of benzene rings is 2. The van der Waals surface area contributed by atoms with Crippen LogP contribution >= 0.6 is 0 Å². The standard InChI is InChI=1S/C28H27N5O4/c1-34-25-14-19(3-7-24(25)37-18-20-4-8-27(35-2)31-16-20)13-21-5-6-23-28(22(21)15-29)32-26(17-30-23)33-9-11-36-12-10-33/h3-8,14,16-17H,9-13,18H2,1-2H3. The van der Waals surface area contributed by atoms with Gasteiger partial charge in [0.1, 0.15) is 24.0 Å². The largest absolute Gasteiger partial charge is 0.493 e. The summed E-state index contributed by atoms with van der Waals surface area (Å²) in [4.78, 5) is 15.7. The summed E-state index contributed by atoms with van der Waals surface area (Å²) in [6, 6.07) is 15.7. The molecule has 0 unspecified atom stereocenters. The minimum absolute atomic E-state index is 0.347. The van der Waals surface area contributed by atoms with Crippen molar-refractivity contribution >= 4 is 16.9 Å². The number of morpholine rings is 1. The first-order valence-electron chi connectivity index (χ1n) is 12.0. The molecule has 0 bridgehead atoms. The summed E-state index contributed by atoms with van der Waals surface area (Å²) in [5.74, 6) is 2.56. The molecule has 188 valence electrons. The second-order valence-electron chi connectivity index (χ2n) is 8.57. The molecule has 1 aliphatic heterocycles. The van der Waals surface area contributed by atoms with E-state index in [-0.39, 0.29) is 0 Å². The summed E-state index contributed by atoms with van der Waals surface area (Å²) in [7, 11) is 3.19. The Bertz CT molecular complexity index is 1430. The first kappa shape index (κ1) is 24.3. The monoisotopic (exact) mass is 497 g/mol. The Hall–Kier alpha value is -4.42. The van der Waals surface area contributed by atoms with Crippen molar-refractivity contribution in [2.45, 2.75) is 13.0 Å². The number of hydrogen-bond donors (Lipinski definition) is 0. The topological polar surface area (TPSA) is 103 Å². The molecule has 0 N–H and O–H groups in total. The van der Waals surface area contributed by atoms with E-state index >= 15 is 0 Å². The second kappa shape index (κ2) is 11.1. The number of aromatic nitrogens is 3. The highest BCUT2D eigenvalue weighted by Crippen LogP contribution is 2.31. The lowest BCUT2D eigenvalue weighted by atomic mass is 9.98. The Balaban J connectivity index is 1.37. The van der Waals surface area contributed by atoms with Crippen LogP contribution in [0.5, 0.6) is 17.4 Å². The van der Waals surface area contributed by atoms with Crippen molar-refractivity contribution in [3.8, 4) is 23.4 Å². The van der Waals surface area contributed by atoms with Crippen LogP contribution in [0.25, 0.3) is 11.0 Å². The van der Waals surface area contributed by atoms with E-state index < -0.39 is 0 Å². The molecule has 0 amide bonds. The average Bonchev–Trinajstić information content (AvgIpc) is 2.96. The summed E-state index contributed by atoms with van der Waals surface area (Å²) in [6.45, 7) is 3.17. The van der Waals surface area contributed by atoms with Crippen molar-refractivity contribution in [1.82, 2.24) is 15.0 Å². The zero-order valence-electron chi connectivity index (χ0n) is 20.8. The van der Waals surface area contributed by atoms with Gasteiger partial charge in [0.25, 0.3) is 0 Å². The number of ether oxygens (including phenoxy) is 4. The van der Waals surface area contributed by atoms with Crippen molar-refractivity contribution in [3.63, 3.8) is 0 Å². The molecule has 0 spiro atoms. The van der Waals surface area contributed by atoms with Gasteiger partial charge in [0.15, 0.2) is 11.5 Å². The number of rotatable bonds is 8. The Morgan fingerprint density at radius 1 is 0.946 bits per heavy atom. The molecule has 2 aromatic carbocycles. The van der Waals surface area contributed by atoms with E-state index in [4.69, 9.17) is 23.9 Å². The zero-order valence-corrected chi connectivity index (χ0v) is 20.8. The zero-order chi connectivity index (χ0) is 25.6. The van der Waals surface area contributed by atoms with Gasteiger partial charge in [-0.3, -0.25) is 4.98 Å². The molecule has 1 saturated heterocycles. The molecular formula is C28H27N5O4. The third-order valence-electron chi connectivity index (χ3n) is 6.26. The third kappa shape index (κ3) is 5.39. The number of nitriles is 1. The number of anilines is 1. The fraction of sp³-hybridized carbons (Fsp3) is 0.286. The van der Waals surface area contributed by atoms with E-state index in [1.807, 2.05) is 36.4 Å². The molecule has 4 aromatic rings. The number of methoxy groups -OCH3 is 2. The first-order valence-corrected chi connectivity index (χ1v) is 12.0. The predicted octanol–water partition coefficient (Wildman–Crippen LogP) is 3.92. The molecule has 37 heavy (non-hydrogen) atoms. The number of nitrogens with zero attached hydrogens (tertiary/aromatic N) is 5. The van der Waals surface area contributed by atoms with E-state index in [9.17, 15) is 5.26 Å². The molecule has 1 aliphatic rings. The van der Waals surface area contributed by atoms with Crippen LogP contribution in [0.4, 0.5) is 5.82 Å². The second-order valence-corrected chi connectivity index (χ2v) is 8.57. The highest BCUT2D eigenvalue weighted by atomic mass is 16.5. The molecule has 5 rings (SSSR count). The lowest BCUT2D eigenvalue weighted by Gasteiger charge is -2.27. The number of pyridine rings is 1. The van der Waals surface area contributed by atoms with E-state index in [1.165, 1.54) is 0 Å². The van der Waals surface area contributed by atoms with Crippen LogP contribution in [0.2, 0.25) is 0 Å². The van der Waals surface area contributed by atoms with E-state index in [0.29, 0.717) is 60.2 Å². The summed E-state index contributed by atoms with van der Waals surface area (Å²) in [5, 5.41) is 10.0. The third-order valence-corrected chi connectivity index (χ3v) is 6.26. The van der Waals surface area contributed by atoms with Gasteiger partial charge in [0.05, 0.1) is 44.7 Å². The molecule has 0 saturated carbocycles. The quantitative estimate of drug-likeness (QED) is 0.358. The van der Waals surface area contributed by atoms with Crippen LogP contribution in [0.15, 0.2) is 54.9 Å². The smallest absolute Gasteiger partial charge is 0.212 e. The fourth-order valence-corrected chi connectivity index (χ4v) is 4.27. The van der Waals surface area contributed by atoms with E-state index in [2.05, 4.69) is 20.9 Å². The Kier molecular flexibility index (Phi) is 7.28. The average molecular weight is 498 g/mol. The van der Waals surface area contributed by atoms with Crippen LogP contribution in [0, 0.1) is 11.3 Å². The van der Waals surface area contributed by atoms with Crippen LogP contribution in [-0.2, 0) is 17.8 Å². The Morgan fingerprint density at radius 3 is 2.51 bits per heavy atom. The number of hydrogen-bond acceptors (Lipinski definition) is 9. The van der Waals surface area contributed by atoms with E-state index in [1.54, 1.807) is 32.7 Å². The molecule has 1 fully saturated rings. The summed E-state index contributed by atoms with van der Waals surface area (Å²) >= 11 is 0. The van der Waals surface area contributed by atoms with Crippen LogP contribution in [-0.4, -0.2) is 55.5 Å². The normalized spacial score (nSPS) is 13.3. The van der Waals surface area contributed by atoms with Gasteiger partial charge in [-0.25, -0.2) is 9.97 Å². The molecule has 9 nitrogen and oxygen atoms in total. The molecule has 9 heteroatoms. The van der Waals surface area contributed by atoms with Gasteiger partial charge >= 0.3 is 0 Å². The highest BCUT2D eigenvalue weighted by molar-refractivity contribution is 5.83. The minimum Gasteiger partial charge on any atom is -0.493 e. The first-order chi connectivity index (χ1) is 18.2. The Morgan fingerprint density at radius 2 is 1.78 bits per heavy atom. The minimum atomic E-state index is 0.347. The van der Waals surface area contributed by atoms with Crippen LogP contribution in [0.3, 0.4) is 0 Å². The Labute approximate surface area is 215 Å². The molecule has 2 aromatic heterocycles. The molecule has 3 heterocycles. The lowest BCUT2D eigenvalue weighted by Crippen LogP contribution is -2.36. The van der Waals surface area contributed by atoms with Gasteiger partial charge in [-0.05, 0) is 41.8 Å². The van der Waals surface area contributed by atoms with Crippen molar-refractivity contribution in [2.75, 3.05) is 45.4 Å². The van der Waals surface area contributed by atoms with Crippen LogP contribution in [0.1, 0.15) is 22.3 Å². The van der Waals surface area contributed by atoms with Gasteiger partial charge < -0.3 is 23.8 Å². The summed E-state index contributed by atoms with van der Waals surface area (Å²) in [6.07, 6.45) is 4.03. The van der Waals surface area contributed by atoms with Gasteiger partial charge in [-0.1, -0.05) is 12.1 Å². The molecule has 0 aliphatic carbocycles. The van der Waals surface area contributed by atoms with Crippen LogP contribution < -0.4 is 19.1 Å². The van der Waals surface area contributed by atoms with Gasteiger partial charge in [-0.2, -0.15) is 5.26 Å². The maximum atomic E-state index is 10.0. The van der Waals surface area contributed by atoms with Crippen molar-refractivity contribution < 1.29 is 18.9 Å².